The molecule has 1 aliphatic rings. The molecule has 0 bridgehead atoms. The second-order valence-corrected chi connectivity index (χ2v) is 12.9. The molecule has 2 aromatic heterocycles. The van der Waals surface area contributed by atoms with E-state index in [0.717, 1.165) is 27.1 Å². The molecule has 1 atom stereocenters. The number of nitrogens with zero attached hydrogens (tertiary/aromatic N) is 4. The van der Waals surface area contributed by atoms with Crippen molar-refractivity contribution in [3.63, 3.8) is 0 Å². The number of hydrogen-bond donors (Lipinski definition) is 1. The molecular weight excluding hydrogens is 609 g/mol. The van der Waals surface area contributed by atoms with Crippen molar-refractivity contribution >= 4 is 29.0 Å². The van der Waals surface area contributed by atoms with E-state index in [2.05, 4.69) is 10.2 Å². The number of aromatic nitrogens is 3. The zero-order valence-electron chi connectivity index (χ0n) is 25.4. The second-order valence-electron chi connectivity index (χ2n) is 11.7. The number of benzene rings is 2. The monoisotopic (exact) mass is 640 g/mol. The summed E-state index contributed by atoms with van der Waals surface area (Å²) in [5.41, 5.74) is 2.00. The van der Waals surface area contributed by atoms with Crippen LogP contribution in [0.5, 0.6) is 5.75 Å². The van der Waals surface area contributed by atoms with Crippen molar-refractivity contribution in [1.82, 2.24) is 14.8 Å². The number of ether oxygens (including phenoxy) is 2. The van der Waals surface area contributed by atoms with Gasteiger partial charge in [-0.15, -0.1) is 21.5 Å². The van der Waals surface area contributed by atoms with Crippen LogP contribution >= 0.6 is 11.3 Å². The first-order valence-corrected chi connectivity index (χ1v) is 14.8. The molecule has 0 fully saturated rings. The summed E-state index contributed by atoms with van der Waals surface area (Å²) in [7, 11) is 0. The van der Waals surface area contributed by atoms with Gasteiger partial charge in [0.2, 0.25) is 0 Å². The van der Waals surface area contributed by atoms with E-state index in [1.807, 2.05) is 18.4 Å². The van der Waals surface area contributed by atoms with Gasteiger partial charge in [0.15, 0.2) is 12.4 Å². The van der Waals surface area contributed by atoms with Crippen LogP contribution < -0.4 is 4.74 Å². The SMILES string of the molecule is Cc1sc2c(c1C)C(c1ccc(-c3ccc(OCC(=O)OC(C)(C)C)c(C(F)(F)F)c3)cc1)=N[C@@H](CC(=O)O)c1nnc(C)n1-2. The van der Waals surface area contributed by atoms with Crippen molar-refractivity contribution in [2.75, 3.05) is 6.61 Å². The van der Waals surface area contributed by atoms with Gasteiger partial charge in [-0.05, 0) is 70.4 Å². The third-order valence-electron chi connectivity index (χ3n) is 7.15. The summed E-state index contributed by atoms with van der Waals surface area (Å²) in [6, 6.07) is 9.72. The van der Waals surface area contributed by atoms with Crippen molar-refractivity contribution < 1.29 is 37.3 Å². The molecule has 0 saturated heterocycles. The summed E-state index contributed by atoms with van der Waals surface area (Å²) in [6.45, 7) is 10.0. The highest BCUT2D eigenvalue weighted by atomic mass is 32.1. The van der Waals surface area contributed by atoms with E-state index in [1.165, 1.54) is 23.5 Å². The number of carbonyl (C=O) groups is 2. The lowest BCUT2D eigenvalue weighted by atomic mass is 9.96. The van der Waals surface area contributed by atoms with Crippen LogP contribution in [-0.4, -0.2) is 49.7 Å². The number of aryl methyl sites for hydroxylation is 2. The molecular formula is C32H31F3N4O5S. The van der Waals surface area contributed by atoms with Gasteiger partial charge in [0.25, 0.3) is 0 Å². The highest BCUT2D eigenvalue weighted by molar-refractivity contribution is 7.15. The summed E-state index contributed by atoms with van der Waals surface area (Å²) >= 11 is 1.53. The summed E-state index contributed by atoms with van der Waals surface area (Å²) in [5, 5.41) is 18.9. The minimum Gasteiger partial charge on any atom is -0.481 e. The Balaban J connectivity index is 1.51. The molecule has 0 amide bonds. The first kappa shape index (κ1) is 31.9. The fraction of sp³-hybridized carbons (Fsp3) is 0.344. The van der Waals surface area contributed by atoms with E-state index < -0.39 is 47.7 Å². The number of halogens is 3. The molecule has 1 N–H and O–H groups in total. The topological polar surface area (TPSA) is 116 Å². The fourth-order valence-corrected chi connectivity index (χ4v) is 6.29. The van der Waals surface area contributed by atoms with Crippen LogP contribution in [0.15, 0.2) is 47.5 Å². The maximum atomic E-state index is 14.0. The van der Waals surface area contributed by atoms with Crippen LogP contribution in [0, 0.1) is 20.8 Å². The maximum absolute atomic E-state index is 14.0. The number of carboxylic acids is 1. The van der Waals surface area contributed by atoms with Gasteiger partial charge in [0.05, 0.1) is 17.7 Å². The molecule has 1 aliphatic heterocycles. The lowest BCUT2D eigenvalue weighted by Gasteiger charge is -2.20. The van der Waals surface area contributed by atoms with Crippen LogP contribution in [0.1, 0.15) is 72.0 Å². The highest BCUT2D eigenvalue weighted by Crippen LogP contribution is 2.41. The Kier molecular flexibility index (Phi) is 8.34. The quantitative estimate of drug-likeness (QED) is 0.216. The average Bonchev–Trinajstić information content (AvgIpc) is 3.42. The zero-order chi connectivity index (χ0) is 32.8. The van der Waals surface area contributed by atoms with E-state index >= 15 is 0 Å². The molecule has 0 aliphatic carbocycles. The van der Waals surface area contributed by atoms with Gasteiger partial charge < -0.3 is 14.6 Å². The number of alkyl halides is 3. The smallest absolute Gasteiger partial charge is 0.419 e. The summed E-state index contributed by atoms with van der Waals surface area (Å²) in [4.78, 5) is 29.8. The number of aliphatic imine (C=N–C) groups is 1. The van der Waals surface area contributed by atoms with Gasteiger partial charge in [-0.2, -0.15) is 13.2 Å². The van der Waals surface area contributed by atoms with Crippen molar-refractivity contribution in [3.05, 3.63) is 81.2 Å². The molecule has 13 heteroatoms. The van der Waals surface area contributed by atoms with Crippen molar-refractivity contribution in [2.24, 2.45) is 4.99 Å². The van der Waals surface area contributed by atoms with Crippen molar-refractivity contribution in [1.29, 1.82) is 0 Å². The Hall–Kier alpha value is -4.52. The summed E-state index contributed by atoms with van der Waals surface area (Å²) < 4.78 is 54.3. The molecule has 0 radical (unpaired) electrons. The Morgan fingerprint density at radius 1 is 0.978 bits per heavy atom. The Morgan fingerprint density at radius 2 is 1.62 bits per heavy atom. The van der Waals surface area contributed by atoms with Crippen LogP contribution in [0.25, 0.3) is 16.1 Å². The number of carboxylic acid groups (broad SMARTS) is 1. The first-order chi connectivity index (χ1) is 21.0. The second kappa shape index (κ2) is 11.8. The normalized spacial score (nSPS) is 14.7. The molecule has 4 aromatic rings. The molecule has 3 heterocycles. The number of aliphatic carboxylic acids is 1. The van der Waals surface area contributed by atoms with Gasteiger partial charge in [-0.1, -0.05) is 30.3 Å². The van der Waals surface area contributed by atoms with Crippen LogP contribution in [-0.2, 0) is 20.5 Å². The molecule has 9 nitrogen and oxygen atoms in total. The van der Waals surface area contributed by atoms with Gasteiger partial charge in [-0.25, -0.2) is 4.79 Å². The average molecular weight is 641 g/mol. The molecule has 0 saturated carbocycles. The molecule has 2 aromatic carbocycles. The predicted octanol–water partition coefficient (Wildman–Crippen LogP) is 7.03. The van der Waals surface area contributed by atoms with Crippen molar-refractivity contribution in [2.45, 2.75) is 65.8 Å². The Morgan fingerprint density at radius 3 is 2.24 bits per heavy atom. The van der Waals surface area contributed by atoms with E-state index in [9.17, 15) is 27.9 Å². The zero-order valence-corrected chi connectivity index (χ0v) is 26.3. The van der Waals surface area contributed by atoms with E-state index in [0.29, 0.717) is 28.5 Å². The minimum absolute atomic E-state index is 0.287. The van der Waals surface area contributed by atoms with Crippen LogP contribution in [0.4, 0.5) is 13.2 Å². The molecule has 0 unspecified atom stereocenters. The number of fused-ring (bicyclic) bond motifs is 3. The van der Waals surface area contributed by atoms with Gasteiger partial charge in [-0.3, -0.25) is 14.4 Å². The summed E-state index contributed by atoms with van der Waals surface area (Å²) in [6.07, 6.45) is -5.04. The number of hydrogen-bond acceptors (Lipinski definition) is 8. The lowest BCUT2D eigenvalue weighted by molar-refractivity contribution is -0.158. The van der Waals surface area contributed by atoms with E-state index in [-0.39, 0.29) is 12.0 Å². The number of carbonyl (C=O) groups excluding carboxylic acids is 1. The lowest BCUT2D eigenvalue weighted by Crippen LogP contribution is -2.27. The Bertz CT molecular complexity index is 1820. The fourth-order valence-electron chi connectivity index (χ4n) is 5.08. The number of esters is 1. The van der Waals surface area contributed by atoms with Crippen LogP contribution in [0.3, 0.4) is 0 Å². The van der Waals surface area contributed by atoms with Gasteiger partial charge in [0, 0.05) is 16.0 Å². The third kappa shape index (κ3) is 6.63. The van der Waals surface area contributed by atoms with Crippen LogP contribution in [0.2, 0.25) is 0 Å². The number of thiophene rings is 1. The van der Waals surface area contributed by atoms with Crippen molar-refractivity contribution in [3.8, 4) is 21.9 Å². The molecule has 236 valence electrons. The van der Waals surface area contributed by atoms with Gasteiger partial charge >= 0.3 is 18.1 Å². The standard InChI is InChI=1S/C32H31F3N4O5S/c1-16-17(2)45-30-27(16)28(36-23(14-25(40)41)29-38-37-18(3)39(29)30)20-9-7-19(8-10-20)21-11-12-24(22(13-21)32(33,34)35)43-15-26(42)44-31(4,5)6/h7-13,23H,14-15H2,1-6H3,(H,40,41)/t23-/m0/s1. The predicted molar refractivity (Wildman–Crippen MR) is 162 cm³/mol. The number of rotatable bonds is 7. The molecule has 5 rings (SSSR count). The molecule has 45 heavy (non-hydrogen) atoms. The van der Waals surface area contributed by atoms with E-state index in [4.69, 9.17) is 14.5 Å². The largest absolute Gasteiger partial charge is 0.481 e. The van der Waals surface area contributed by atoms with Gasteiger partial charge in [0.1, 0.15) is 28.2 Å². The summed E-state index contributed by atoms with van der Waals surface area (Å²) in [5.74, 6) is -1.27. The Labute approximate surface area is 261 Å². The van der Waals surface area contributed by atoms with E-state index in [1.54, 1.807) is 52.0 Å². The maximum Gasteiger partial charge on any atom is 0.419 e. The highest BCUT2D eigenvalue weighted by Gasteiger charge is 2.36. The third-order valence-corrected chi connectivity index (χ3v) is 8.34. The molecule has 0 spiro atoms. The first-order valence-electron chi connectivity index (χ1n) is 14.0. The minimum atomic E-state index is -4.74.